The van der Waals surface area contributed by atoms with E-state index in [1.54, 1.807) is 71.6 Å². The van der Waals surface area contributed by atoms with E-state index in [4.69, 9.17) is 0 Å². The molecule has 2 fully saturated rings. The predicted molar refractivity (Wildman–Crippen MR) is 153 cm³/mol. The molecule has 0 spiro atoms. The molecule has 0 atom stereocenters. The maximum Gasteiger partial charge on any atom is 0.243 e. The van der Waals surface area contributed by atoms with E-state index >= 15 is 0 Å². The number of hydrogen-bond donors (Lipinski definition) is 0. The zero-order valence-electron chi connectivity index (χ0n) is 22.9. The van der Waals surface area contributed by atoms with Crippen molar-refractivity contribution in [3.8, 4) is 0 Å². The Balaban J connectivity index is 1.36. The Morgan fingerprint density at radius 1 is 0.805 bits per heavy atom. The van der Waals surface area contributed by atoms with E-state index in [9.17, 15) is 26.0 Å². The highest BCUT2D eigenvalue weighted by Gasteiger charge is 2.41. The van der Waals surface area contributed by atoms with Gasteiger partial charge in [-0.15, -0.1) is 0 Å². The quantitative estimate of drug-likeness (QED) is 0.349. The van der Waals surface area contributed by atoms with E-state index in [0.717, 1.165) is 5.56 Å². The minimum atomic E-state index is -3.90. The predicted octanol–water partition coefficient (Wildman–Crippen LogP) is 4.17. The molecule has 1 saturated heterocycles. The van der Waals surface area contributed by atoms with Crippen LogP contribution < -0.4 is 0 Å². The lowest BCUT2D eigenvalue weighted by atomic mass is 10.0. The van der Waals surface area contributed by atoms with Crippen LogP contribution in [0.5, 0.6) is 0 Å². The first-order valence-electron chi connectivity index (χ1n) is 13.7. The molecule has 0 aromatic heterocycles. The number of carbonyl (C=O) groups excluding carboxylic acids is 1. The molecular formula is C30H34FN3O5S2. The van der Waals surface area contributed by atoms with Crippen molar-refractivity contribution in [2.24, 2.45) is 0 Å². The largest absolute Gasteiger partial charge is 0.334 e. The van der Waals surface area contributed by atoms with Crippen LogP contribution in [0.25, 0.3) is 0 Å². The molecular weight excluding hydrogens is 565 g/mol. The molecule has 3 aromatic rings. The summed E-state index contributed by atoms with van der Waals surface area (Å²) in [5.41, 5.74) is 1.64. The summed E-state index contributed by atoms with van der Waals surface area (Å²) in [6.45, 7) is 2.18. The van der Waals surface area contributed by atoms with Crippen molar-refractivity contribution in [2.45, 2.75) is 61.0 Å². The van der Waals surface area contributed by atoms with Gasteiger partial charge >= 0.3 is 0 Å². The highest BCUT2D eigenvalue weighted by atomic mass is 32.2. The van der Waals surface area contributed by atoms with Gasteiger partial charge in [-0.3, -0.25) is 4.79 Å². The zero-order valence-corrected chi connectivity index (χ0v) is 24.5. The number of aryl methyl sites for hydroxylation is 1. The lowest BCUT2D eigenvalue weighted by Gasteiger charge is -2.39. The lowest BCUT2D eigenvalue weighted by Crippen LogP contribution is -2.51. The SMILES string of the molecule is Cc1ccc(S(=O)(=O)N(CC(=O)N(Cc2ccc(F)cc2)C2CCN(S(=O)(=O)c3ccccc3)CC2)C2CC2)cc1. The molecule has 218 valence electrons. The summed E-state index contributed by atoms with van der Waals surface area (Å²) in [6.07, 6.45) is 2.17. The second kappa shape index (κ2) is 12.0. The average molecular weight is 600 g/mol. The Bertz CT molecular complexity index is 1570. The van der Waals surface area contributed by atoms with Crippen molar-refractivity contribution in [2.75, 3.05) is 19.6 Å². The molecule has 41 heavy (non-hydrogen) atoms. The molecule has 0 bridgehead atoms. The standard InChI is InChI=1S/C30H34FN3O5S2/c1-23-7-15-29(16-8-23)41(38,39)34(27-13-14-27)22-30(35)33(21-24-9-11-25(31)12-10-24)26-17-19-32(20-18-26)40(36,37)28-5-3-2-4-6-28/h2-12,15-16,26-27H,13-14,17-22H2,1H3. The van der Waals surface area contributed by atoms with Crippen LogP contribution in [0.4, 0.5) is 4.39 Å². The third kappa shape index (κ3) is 6.69. The maximum atomic E-state index is 13.9. The molecule has 0 radical (unpaired) electrons. The van der Waals surface area contributed by atoms with Crippen LogP contribution in [0.15, 0.2) is 88.7 Å². The minimum Gasteiger partial charge on any atom is -0.334 e. The lowest BCUT2D eigenvalue weighted by molar-refractivity contribution is -0.135. The van der Waals surface area contributed by atoms with Crippen LogP contribution in [0.1, 0.15) is 36.8 Å². The second-order valence-electron chi connectivity index (χ2n) is 10.7. The number of piperidine rings is 1. The van der Waals surface area contributed by atoms with Gasteiger partial charge in [0.25, 0.3) is 0 Å². The second-order valence-corrected chi connectivity index (χ2v) is 14.5. The number of sulfonamides is 2. The van der Waals surface area contributed by atoms with Crippen molar-refractivity contribution >= 4 is 26.0 Å². The van der Waals surface area contributed by atoms with Crippen molar-refractivity contribution in [3.05, 3.63) is 95.8 Å². The number of rotatable bonds is 10. The third-order valence-electron chi connectivity index (χ3n) is 7.70. The monoisotopic (exact) mass is 599 g/mol. The van der Waals surface area contributed by atoms with Gasteiger partial charge in [0, 0.05) is 31.7 Å². The molecule has 1 saturated carbocycles. The van der Waals surface area contributed by atoms with Gasteiger partial charge in [-0.25, -0.2) is 21.2 Å². The zero-order chi connectivity index (χ0) is 29.2. The first-order valence-corrected chi connectivity index (χ1v) is 16.6. The molecule has 2 aliphatic rings. The molecule has 1 aliphatic carbocycles. The average Bonchev–Trinajstić information content (AvgIpc) is 3.81. The molecule has 0 N–H and O–H groups in total. The molecule has 1 amide bonds. The topological polar surface area (TPSA) is 95.1 Å². The van der Waals surface area contributed by atoms with Gasteiger partial charge in [-0.2, -0.15) is 8.61 Å². The molecule has 1 aliphatic heterocycles. The Morgan fingerprint density at radius 3 is 2.00 bits per heavy atom. The fraction of sp³-hybridized carbons (Fsp3) is 0.367. The van der Waals surface area contributed by atoms with Gasteiger partial charge in [0.2, 0.25) is 26.0 Å². The van der Waals surface area contributed by atoms with Gasteiger partial charge in [-0.05, 0) is 74.6 Å². The van der Waals surface area contributed by atoms with E-state index in [1.807, 2.05) is 6.92 Å². The molecule has 1 heterocycles. The third-order valence-corrected chi connectivity index (χ3v) is 11.5. The molecule has 0 unspecified atom stereocenters. The number of halogens is 1. The summed E-state index contributed by atoms with van der Waals surface area (Å²) in [5, 5.41) is 0. The van der Waals surface area contributed by atoms with Gasteiger partial charge in [-0.1, -0.05) is 48.0 Å². The first kappa shape index (κ1) is 29.4. The summed E-state index contributed by atoms with van der Waals surface area (Å²) >= 11 is 0. The van der Waals surface area contributed by atoms with Gasteiger partial charge in [0.05, 0.1) is 16.3 Å². The highest BCUT2D eigenvalue weighted by Crippen LogP contribution is 2.33. The van der Waals surface area contributed by atoms with Crippen LogP contribution in [-0.2, 0) is 31.4 Å². The Labute approximate surface area is 241 Å². The first-order chi connectivity index (χ1) is 19.6. The van der Waals surface area contributed by atoms with Gasteiger partial charge in [0.15, 0.2) is 0 Å². The maximum absolute atomic E-state index is 13.9. The minimum absolute atomic E-state index is 0.146. The Morgan fingerprint density at radius 2 is 1.41 bits per heavy atom. The highest BCUT2D eigenvalue weighted by molar-refractivity contribution is 7.89. The van der Waals surface area contributed by atoms with Gasteiger partial charge < -0.3 is 4.90 Å². The van der Waals surface area contributed by atoms with E-state index in [0.29, 0.717) is 31.2 Å². The van der Waals surface area contributed by atoms with Crippen LogP contribution in [0, 0.1) is 12.7 Å². The van der Waals surface area contributed by atoms with Crippen LogP contribution in [0.3, 0.4) is 0 Å². The summed E-state index contributed by atoms with van der Waals surface area (Å²) in [4.78, 5) is 15.9. The van der Waals surface area contributed by atoms with E-state index in [-0.39, 0.29) is 54.0 Å². The van der Waals surface area contributed by atoms with Gasteiger partial charge in [0.1, 0.15) is 5.82 Å². The normalized spacial score (nSPS) is 17.0. The van der Waals surface area contributed by atoms with Crippen molar-refractivity contribution in [1.82, 2.24) is 13.5 Å². The molecule has 8 nitrogen and oxygen atoms in total. The number of carbonyl (C=O) groups is 1. The van der Waals surface area contributed by atoms with Crippen molar-refractivity contribution in [3.63, 3.8) is 0 Å². The summed E-state index contributed by atoms with van der Waals surface area (Å²) in [6, 6.07) is 20.1. The van der Waals surface area contributed by atoms with Crippen molar-refractivity contribution < 1.29 is 26.0 Å². The number of nitrogens with zero attached hydrogens (tertiary/aromatic N) is 3. The fourth-order valence-corrected chi connectivity index (χ4v) is 8.31. The van der Waals surface area contributed by atoms with E-state index in [2.05, 4.69) is 0 Å². The summed E-state index contributed by atoms with van der Waals surface area (Å²) in [7, 11) is -7.57. The summed E-state index contributed by atoms with van der Waals surface area (Å²) in [5.74, 6) is -0.753. The molecule has 3 aromatic carbocycles. The van der Waals surface area contributed by atoms with Crippen LogP contribution in [0.2, 0.25) is 0 Å². The van der Waals surface area contributed by atoms with E-state index in [1.165, 1.54) is 20.7 Å². The fourth-order valence-electron chi connectivity index (χ4n) is 5.19. The van der Waals surface area contributed by atoms with Crippen LogP contribution >= 0.6 is 0 Å². The van der Waals surface area contributed by atoms with Crippen LogP contribution in [-0.4, -0.2) is 68.0 Å². The smallest absolute Gasteiger partial charge is 0.243 e. The molecule has 5 rings (SSSR count). The number of hydrogen-bond acceptors (Lipinski definition) is 5. The van der Waals surface area contributed by atoms with Crippen molar-refractivity contribution in [1.29, 1.82) is 0 Å². The molecule has 11 heteroatoms. The Kier molecular flexibility index (Phi) is 8.60. The van der Waals surface area contributed by atoms with E-state index < -0.39 is 25.9 Å². The summed E-state index contributed by atoms with van der Waals surface area (Å²) < 4.78 is 69.8. The number of amides is 1. The number of benzene rings is 3. The Hall–Kier alpha value is -3.12.